The zero-order valence-corrected chi connectivity index (χ0v) is 7.19. The van der Waals surface area contributed by atoms with E-state index in [1.807, 2.05) is 0 Å². The van der Waals surface area contributed by atoms with Gasteiger partial charge in [-0.05, 0) is 0 Å². The Morgan fingerprint density at radius 1 is 1.54 bits per heavy atom. The van der Waals surface area contributed by atoms with E-state index in [2.05, 4.69) is 4.74 Å². The standard InChI is InChI=1S/C7H11NO5/c1-13-5(9)7(12)2-3-8(4-7)6(10)11/h12H,2-4H2,1H3,(H,10,11). The van der Waals surface area contributed by atoms with Crippen LogP contribution in [0.25, 0.3) is 0 Å². The molecule has 1 aliphatic heterocycles. The maximum atomic E-state index is 11.0. The number of aliphatic hydroxyl groups is 1. The molecule has 0 aromatic carbocycles. The summed E-state index contributed by atoms with van der Waals surface area (Å²) in [4.78, 5) is 22.5. The molecule has 1 unspecified atom stereocenters. The molecule has 1 amide bonds. The summed E-state index contributed by atoms with van der Waals surface area (Å²) < 4.78 is 4.36. The van der Waals surface area contributed by atoms with Crippen LogP contribution in [-0.4, -0.2) is 53.0 Å². The van der Waals surface area contributed by atoms with Crippen LogP contribution in [0.5, 0.6) is 0 Å². The van der Waals surface area contributed by atoms with Crippen LogP contribution in [0.3, 0.4) is 0 Å². The van der Waals surface area contributed by atoms with E-state index in [-0.39, 0.29) is 19.5 Å². The summed E-state index contributed by atoms with van der Waals surface area (Å²) in [5.41, 5.74) is -1.66. The lowest BCUT2D eigenvalue weighted by atomic mass is 10.0. The number of ether oxygens (including phenoxy) is 1. The second-order valence-electron chi connectivity index (χ2n) is 2.98. The number of carbonyl (C=O) groups excluding carboxylic acids is 1. The molecule has 74 valence electrons. The van der Waals surface area contributed by atoms with Gasteiger partial charge in [-0.15, -0.1) is 0 Å². The first-order valence-electron chi connectivity index (χ1n) is 3.78. The molecule has 1 rings (SSSR count). The maximum Gasteiger partial charge on any atom is 0.407 e. The Kier molecular flexibility index (Phi) is 2.42. The van der Waals surface area contributed by atoms with Crippen molar-refractivity contribution in [1.82, 2.24) is 4.90 Å². The lowest BCUT2D eigenvalue weighted by Crippen LogP contribution is -2.43. The van der Waals surface area contributed by atoms with Crippen LogP contribution in [0.4, 0.5) is 4.79 Å². The van der Waals surface area contributed by atoms with Gasteiger partial charge in [-0.2, -0.15) is 0 Å². The van der Waals surface area contributed by atoms with Crippen LogP contribution >= 0.6 is 0 Å². The Balaban J connectivity index is 2.66. The number of carboxylic acid groups (broad SMARTS) is 1. The number of hydrogen-bond acceptors (Lipinski definition) is 4. The third kappa shape index (κ3) is 1.72. The molecule has 1 heterocycles. The third-order valence-corrected chi connectivity index (χ3v) is 2.08. The average Bonchev–Trinajstić information content (AvgIpc) is 2.48. The topological polar surface area (TPSA) is 87.1 Å². The lowest BCUT2D eigenvalue weighted by Gasteiger charge is -2.18. The van der Waals surface area contributed by atoms with Gasteiger partial charge in [-0.3, -0.25) is 0 Å². The van der Waals surface area contributed by atoms with Crippen molar-refractivity contribution in [2.24, 2.45) is 0 Å². The zero-order chi connectivity index (χ0) is 10.1. The predicted octanol–water partition coefficient (Wildman–Crippen LogP) is -0.726. The van der Waals surface area contributed by atoms with Crippen molar-refractivity contribution in [3.8, 4) is 0 Å². The van der Waals surface area contributed by atoms with Crippen molar-refractivity contribution >= 4 is 12.1 Å². The Morgan fingerprint density at radius 2 is 2.15 bits per heavy atom. The van der Waals surface area contributed by atoms with E-state index in [1.165, 1.54) is 0 Å². The fourth-order valence-electron chi connectivity index (χ4n) is 1.31. The van der Waals surface area contributed by atoms with Crippen molar-refractivity contribution in [2.75, 3.05) is 20.2 Å². The van der Waals surface area contributed by atoms with Gasteiger partial charge in [-0.1, -0.05) is 0 Å². The van der Waals surface area contributed by atoms with Gasteiger partial charge in [0, 0.05) is 13.0 Å². The third-order valence-electron chi connectivity index (χ3n) is 2.08. The van der Waals surface area contributed by atoms with Crippen LogP contribution in [0.15, 0.2) is 0 Å². The Bertz CT molecular complexity index is 241. The van der Waals surface area contributed by atoms with Crippen molar-refractivity contribution in [3.63, 3.8) is 0 Å². The highest BCUT2D eigenvalue weighted by Crippen LogP contribution is 2.22. The fraction of sp³-hybridized carbons (Fsp3) is 0.714. The quantitative estimate of drug-likeness (QED) is 0.531. The molecule has 0 aromatic heterocycles. The van der Waals surface area contributed by atoms with E-state index in [4.69, 9.17) is 5.11 Å². The van der Waals surface area contributed by atoms with Crippen LogP contribution in [0, 0.1) is 0 Å². The monoisotopic (exact) mass is 189 g/mol. The molecule has 1 atom stereocenters. The van der Waals surface area contributed by atoms with Crippen LogP contribution in [0.2, 0.25) is 0 Å². The Morgan fingerprint density at radius 3 is 2.54 bits per heavy atom. The van der Waals surface area contributed by atoms with Gasteiger partial charge in [0.1, 0.15) is 0 Å². The highest BCUT2D eigenvalue weighted by atomic mass is 16.5. The Labute approximate surface area is 74.7 Å². The summed E-state index contributed by atoms with van der Waals surface area (Å²) >= 11 is 0. The molecule has 0 radical (unpaired) electrons. The van der Waals surface area contributed by atoms with Crippen LogP contribution < -0.4 is 0 Å². The minimum absolute atomic E-state index is 0.0893. The number of esters is 1. The fourth-order valence-corrected chi connectivity index (χ4v) is 1.31. The number of β-amino-alcohol motifs (C(OH)–C–C–N with tert-alkyl or cyclic N) is 1. The Hall–Kier alpha value is -1.30. The molecule has 1 saturated heterocycles. The smallest absolute Gasteiger partial charge is 0.407 e. The van der Waals surface area contributed by atoms with E-state index >= 15 is 0 Å². The maximum absolute atomic E-state index is 11.0. The average molecular weight is 189 g/mol. The second-order valence-corrected chi connectivity index (χ2v) is 2.98. The normalized spacial score (nSPS) is 27.4. The predicted molar refractivity (Wildman–Crippen MR) is 41.2 cm³/mol. The van der Waals surface area contributed by atoms with Gasteiger partial charge in [0.15, 0.2) is 5.60 Å². The molecule has 0 aromatic rings. The van der Waals surface area contributed by atoms with Crippen molar-refractivity contribution in [1.29, 1.82) is 0 Å². The first-order valence-corrected chi connectivity index (χ1v) is 3.78. The van der Waals surface area contributed by atoms with E-state index in [1.54, 1.807) is 0 Å². The molecular formula is C7H11NO5. The molecule has 0 bridgehead atoms. The van der Waals surface area contributed by atoms with Gasteiger partial charge in [0.25, 0.3) is 0 Å². The minimum Gasteiger partial charge on any atom is -0.467 e. The summed E-state index contributed by atoms with van der Waals surface area (Å²) in [6, 6.07) is 0. The molecule has 6 heteroatoms. The number of rotatable bonds is 1. The molecule has 0 aliphatic carbocycles. The van der Waals surface area contributed by atoms with Crippen LogP contribution in [0.1, 0.15) is 6.42 Å². The summed E-state index contributed by atoms with van der Waals surface area (Å²) in [5, 5.41) is 18.2. The highest BCUT2D eigenvalue weighted by molar-refractivity contribution is 5.81. The molecule has 1 fully saturated rings. The van der Waals surface area contributed by atoms with Crippen molar-refractivity contribution < 1.29 is 24.5 Å². The molecule has 6 nitrogen and oxygen atoms in total. The molecule has 13 heavy (non-hydrogen) atoms. The summed E-state index contributed by atoms with van der Waals surface area (Å²) in [7, 11) is 1.16. The van der Waals surface area contributed by atoms with E-state index in [0.29, 0.717) is 0 Å². The number of amides is 1. The van der Waals surface area contributed by atoms with Gasteiger partial charge in [-0.25, -0.2) is 9.59 Å². The van der Waals surface area contributed by atoms with E-state index in [9.17, 15) is 14.7 Å². The SMILES string of the molecule is COC(=O)C1(O)CCN(C(=O)O)C1. The molecule has 2 N–H and O–H groups in total. The van der Waals surface area contributed by atoms with Crippen LogP contribution in [-0.2, 0) is 9.53 Å². The summed E-state index contributed by atoms with van der Waals surface area (Å²) in [6.45, 7) is -0.0596. The molecule has 1 aliphatic rings. The second kappa shape index (κ2) is 3.21. The largest absolute Gasteiger partial charge is 0.467 e. The first kappa shape index (κ1) is 9.79. The zero-order valence-electron chi connectivity index (χ0n) is 7.19. The minimum atomic E-state index is -1.66. The highest BCUT2D eigenvalue weighted by Gasteiger charge is 2.45. The van der Waals surface area contributed by atoms with Gasteiger partial charge >= 0.3 is 12.1 Å². The number of hydrogen-bond donors (Lipinski definition) is 2. The van der Waals surface area contributed by atoms with Gasteiger partial charge in [0.2, 0.25) is 0 Å². The number of methoxy groups -OCH3 is 1. The molecular weight excluding hydrogens is 178 g/mol. The summed E-state index contributed by atoms with van der Waals surface area (Å²) in [5.74, 6) is -0.781. The lowest BCUT2D eigenvalue weighted by molar-refractivity contribution is -0.160. The van der Waals surface area contributed by atoms with E-state index in [0.717, 1.165) is 12.0 Å². The van der Waals surface area contributed by atoms with Gasteiger partial charge < -0.3 is 19.8 Å². The van der Waals surface area contributed by atoms with Crippen molar-refractivity contribution in [3.05, 3.63) is 0 Å². The van der Waals surface area contributed by atoms with E-state index < -0.39 is 17.7 Å². The number of nitrogens with zero attached hydrogens (tertiary/aromatic N) is 1. The van der Waals surface area contributed by atoms with Gasteiger partial charge in [0.05, 0.1) is 13.7 Å². The number of carbonyl (C=O) groups is 2. The molecule has 0 spiro atoms. The number of likely N-dealkylation sites (tertiary alicyclic amines) is 1. The molecule has 0 saturated carbocycles. The first-order chi connectivity index (χ1) is 5.99. The van der Waals surface area contributed by atoms with Crippen molar-refractivity contribution in [2.45, 2.75) is 12.0 Å². The summed E-state index contributed by atoms with van der Waals surface area (Å²) in [6.07, 6.45) is -1.05.